The van der Waals surface area contributed by atoms with E-state index in [0.717, 1.165) is 4.68 Å². The number of benzene rings is 1. The lowest BCUT2D eigenvalue weighted by atomic mass is 10.3. The normalized spacial score (nSPS) is 10.8. The molecule has 0 amide bonds. The van der Waals surface area contributed by atoms with Crippen LogP contribution < -0.4 is 4.74 Å². The standard InChI is InChI=1S/C12H11F2N3O3/c13-11(14)10-9(12(18)19)15-16-17(10)6-7-20-8-4-2-1-3-5-8/h1-5,11H,6-7H2,(H,18,19). The van der Waals surface area contributed by atoms with Gasteiger partial charge in [-0.25, -0.2) is 18.3 Å². The van der Waals surface area contributed by atoms with Crippen LogP contribution in [0.5, 0.6) is 5.75 Å². The zero-order valence-corrected chi connectivity index (χ0v) is 10.2. The van der Waals surface area contributed by atoms with Crippen molar-refractivity contribution in [2.75, 3.05) is 6.61 Å². The largest absolute Gasteiger partial charge is 0.492 e. The van der Waals surface area contributed by atoms with E-state index in [1.54, 1.807) is 24.3 Å². The molecule has 1 aromatic heterocycles. The molecule has 0 aliphatic heterocycles. The zero-order valence-electron chi connectivity index (χ0n) is 10.2. The third-order valence-corrected chi connectivity index (χ3v) is 2.50. The minimum atomic E-state index is -2.96. The summed E-state index contributed by atoms with van der Waals surface area (Å²) < 4.78 is 31.8. The Balaban J connectivity index is 2.04. The zero-order chi connectivity index (χ0) is 14.5. The molecule has 2 aromatic rings. The highest BCUT2D eigenvalue weighted by Crippen LogP contribution is 2.21. The molecular formula is C12H11F2N3O3. The minimum Gasteiger partial charge on any atom is -0.492 e. The number of para-hydroxylation sites is 1. The van der Waals surface area contributed by atoms with Crippen LogP contribution in [-0.4, -0.2) is 32.7 Å². The van der Waals surface area contributed by atoms with Crippen molar-refractivity contribution in [1.82, 2.24) is 15.0 Å². The van der Waals surface area contributed by atoms with Gasteiger partial charge in [-0.3, -0.25) is 0 Å². The SMILES string of the molecule is O=C(O)c1nnn(CCOc2ccccc2)c1C(F)F. The number of carbonyl (C=O) groups is 1. The Morgan fingerprint density at radius 3 is 2.65 bits per heavy atom. The highest BCUT2D eigenvalue weighted by atomic mass is 19.3. The maximum atomic E-state index is 12.8. The van der Waals surface area contributed by atoms with Gasteiger partial charge in [0.2, 0.25) is 0 Å². The molecule has 0 radical (unpaired) electrons. The predicted molar refractivity (Wildman–Crippen MR) is 63.9 cm³/mol. The molecule has 2 rings (SSSR count). The van der Waals surface area contributed by atoms with Crippen molar-refractivity contribution in [3.05, 3.63) is 41.7 Å². The number of ether oxygens (including phenoxy) is 1. The molecule has 6 nitrogen and oxygen atoms in total. The fourth-order valence-corrected chi connectivity index (χ4v) is 1.62. The Morgan fingerprint density at radius 1 is 1.35 bits per heavy atom. The van der Waals surface area contributed by atoms with Crippen LogP contribution >= 0.6 is 0 Å². The van der Waals surface area contributed by atoms with E-state index in [1.165, 1.54) is 0 Å². The Hall–Kier alpha value is -2.51. The van der Waals surface area contributed by atoms with Crippen molar-refractivity contribution >= 4 is 5.97 Å². The topological polar surface area (TPSA) is 77.2 Å². The van der Waals surface area contributed by atoms with Gasteiger partial charge in [0.15, 0.2) is 5.69 Å². The molecule has 0 aliphatic carbocycles. The summed E-state index contributed by atoms with van der Waals surface area (Å²) >= 11 is 0. The lowest BCUT2D eigenvalue weighted by molar-refractivity contribution is 0.0675. The molecule has 1 N–H and O–H groups in total. The highest BCUT2D eigenvalue weighted by molar-refractivity contribution is 5.86. The number of halogens is 2. The first-order valence-corrected chi connectivity index (χ1v) is 5.72. The van der Waals surface area contributed by atoms with Crippen LogP contribution in [0.4, 0.5) is 8.78 Å². The van der Waals surface area contributed by atoms with Crippen LogP contribution in [0.2, 0.25) is 0 Å². The first kappa shape index (κ1) is 13.9. The summed E-state index contributed by atoms with van der Waals surface area (Å²) in [6.45, 7) is 0.0565. The summed E-state index contributed by atoms with van der Waals surface area (Å²) in [5, 5.41) is 15.4. The molecule has 0 atom stereocenters. The third kappa shape index (κ3) is 3.08. The number of rotatable bonds is 6. The second-order valence-electron chi connectivity index (χ2n) is 3.81. The van der Waals surface area contributed by atoms with Crippen LogP contribution in [0.25, 0.3) is 0 Å². The summed E-state index contributed by atoms with van der Waals surface area (Å²) in [6, 6.07) is 8.81. The third-order valence-electron chi connectivity index (χ3n) is 2.50. The van der Waals surface area contributed by atoms with Gasteiger partial charge in [0.1, 0.15) is 18.1 Å². The first-order chi connectivity index (χ1) is 9.59. The molecule has 106 valence electrons. The lowest BCUT2D eigenvalue weighted by Gasteiger charge is -2.08. The van der Waals surface area contributed by atoms with Gasteiger partial charge in [-0.2, -0.15) is 0 Å². The van der Waals surface area contributed by atoms with Crippen molar-refractivity contribution in [1.29, 1.82) is 0 Å². The number of hydrogen-bond donors (Lipinski definition) is 1. The molecule has 0 aliphatic rings. The molecule has 1 heterocycles. The van der Waals surface area contributed by atoms with E-state index in [-0.39, 0.29) is 13.2 Å². The van der Waals surface area contributed by atoms with E-state index in [4.69, 9.17) is 9.84 Å². The van der Waals surface area contributed by atoms with E-state index in [0.29, 0.717) is 5.75 Å². The van der Waals surface area contributed by atoms with Gasteiger partial charge in [-0.05, 0) is 12.1 Å². The van der Waals surface area contributed by atoms with Gasteiger partial charge in [0.25, 0.3) is 6.43 Å². The van der Waals surface area contributed by atoms with E-state index >= 15 is 0 Å². The van der Waals surface area contributed by atoms with Crippen LogP contribution in [0.15, 0.2) is 30.3 Å². The monoisotopic (exact) mass is 283 g/mol. The summed E-state index contributed by atoms with van der Waals surface area (Å²) in [6.07, 6.45) is -2.96. The van der Waals surface area contributed by atoms with Crippen LogP contribution in [0.1, 0.15) is 22.6 Å². The van der Waals surface area contributed by atoms with Gasteiger partial charge < -0.3 is 9.84 Å². The quantitative estimate of drug-likeness (QED) is 0.877. The van der Waals surface area contributed by atoms with Gasteiger partial charge >= 0.3 is 5.97 Å². The smallest absolute Gasteiger partial charge is 0.358 e. The molecule has 0 saturated carbocycles. The average molecular weight is 283 g/mol. The number of alkyl halides is 2. The molecule has 8 heteroatoms. The van der Waals surface area contributed by atoms with Crippen molar-refractivity contribution in [2.45, 2.75) is 13.0 Å². The van der Waals surface area contributed by atoms with Crippen molar-refractivity contribution in [3.63, 3.8) is 0 Å². The Morgan fingerprint density at radius 2 is 2.05 bits per heavy atom. The average Bonchev–Trinajstić information content (AvgIpc) is 2.84. The molecule has 0 bridgehead atoms. The van der Waals surface area contributed by atoms with Gasteiger partial charge in [-0.1, -0.05) is 23.4 Å². The van der Waals surface area contributed by atoms with Crippen LogP contribution in [-0.2, 0) is 6.54 Å². The summed E-state index contributed by atoms with van der Waals surface area (Å²) in [4.78, 5) is 10.8. The molecule has 0 saturated heterocycles. The van der Waals surface area contributed by atoms with E-state index in [9.17, 15) is 13.6 Å². The maximum absolute atomic E-state index is 12.8. The maximum Gasteiger partial charge on any atom is 0.358 e. The Kier molecular flexibility index (Phi) is 4.24. The van der Waals surface area contributed by atoms with Crippen LogP contribution in [0.3, 0.4) is 0 Å². The molecule has 0 fully saturated rings. The minimum absolute atomic E-state index is 0.0190. The molecule has 0 spiro atoms. The van der Waals surface area contributed by atoms with Crippen LogP contribution in [0, 0.1) is 0 Å². The van der Waals surface area contributed by atoms with Crippen molar-refractivity contribution < 1.29 is 23.4 Å². The number of nitrogens with zero attached hydrogens (tertiary/aromatic N) is 3. The molecular weight excluding hydrogens is 272 g/mol. The van der Waals surface area contributed by atoms with E-state index < -0.39 is 23.8 Å². The van der Waals surface area contributed by atoms with Gasteiger partial charge in [0, 0.05) is 0 Å². The van der Waals surface area contributed by atoms with Crippen molar-refractivity contribution in [2.24, 2.45) is 0 Å². The lowest BCUT2D eigenvalue weighted by Crippen LogP contribution is -2.14. The summed E-state index contributed by atoms with van der Waals surface area (Å²) in [7, 11) is 0. The van der Waals surface area contributed by atoms with E-state index in [1.807, 2.05) is 6.07 Å². The predicted octanol–water partition coefficient (Wildman–Crippen LogP) is 1.99. The second-order valence-corrected chi connectivity index (χ2v) is 3.81. The number of carboxylic acids is 1. The highest BCUT2D eigenvalue weighted by Gasteiger charge is 2.26. The van der Waals surface area contributed by atoms with Crippen molar-refractivity contribution in [3.8, 4) is 5.75 Å². The number of carboxylic acid groups (broad SMARTS) is 1. The van der Waals surface area contributed by atoms with Gasteiger partial charge in [-0.15, -0.1) is 5.10 Å². The number of aromatic carboxylic acids is 1. The van der Waals surface area contributed by atoms with Gasteiger partial charge in [0.05, 0.1) is 6.54 Å². The molecule has 0 unspecified atom stereocenters. The first-order valence-electron chi connectivity index (χ1n) is 5.72. The summed E-state index contributed by atoms with van der Waals surface area (Å²) in [5.41, 5.74) is -1.45. The van der Waals surface area contributed by atoms with E-state index in [2.05, 4.69) is 10.3 Å². The second kappa shape index (κ2) is 6.09. The number of hydrogen-bond acceptors (Lipinski definition) is 4. The fraction of sp³-hybridized carbons (Fsp3) is 0.250. The fourth-order valence-electron chi connectivity index (χ4n) is 1.62. The Bertz CT molecular complexity index is 587. The number of aromatic nitrogens is 3. The molecule has 20 heavy (non-hydrogen) atoms. The Labute approximate surface area is 112 Å². The summed E-state index contributed by atoms with van der Waals surface area (Å²) in [5.74, 6) is -0.944. The molecule has 1 aromatic carbocycles.